The van der Waals surface area contributed by atoms with Crippen LogP contribution in [-0.2, 0) is 9.59 Å². The van der Waals surface area contributed by atoms with Crippen LogP contribution in [0.15, 0.2) is 0 Å². The van der Waals surface area contributed by atoms with Gasteiger partial charge in [0.1, 0.15) is 0 Å². The van der Waals surface area contributed by atoms with E-state index in [0.29, 0.717) is 51.4 Å². The van der Waals surface area contributed by atoms with Gasteiger partial charge in [0.15, 0.2) is 0 Å². The van der Waals surface area contributed by atoms with Crippen molar-refractivity contribution in [2.75, 3.05) is 0 Å². The van der Waals surface area contributed by atoms with Crippen molar-refractivity contribution in [3.8, 4) is 0 Å². The molecule has 12 nitrogen and oxygen atoms in total. The molecule has 0 radical (unpaired) electrons. The molecule has 8 saturated carbocycles. The Labute approximate surface area is 357 Å². The molecule has 344 valence electrons. The van der Waals surface area contributed by atoms with Crippen LogP contribution < -0.4 is 0 Å². The Balaban J connectivity index is 0.000000181. The van der Waals surface area contributed by atoms with Crippen LogP contribution in [0.4, 0.5) is 0 Å². The zero-order valence-electron chi connectivity index (χ0n) is 37.1. The highest BCUT2D eigenvalue weighted by Crippen LogP contribution is 2.70. The van der Waals surface area contributed by atoms with Crippen molar-refractivity contribution in [3.05, 3.63) is 0 Å². The summed E-state index contributed by atoms with van der Waals surface area (Å²) in [4.78, 5) is 22.2. The van der Waals surface area contributed by atoms with E-state index in [1.165, 1.54) is 0 Å². The Bertz CT molecular complexity index is 1450. The lowest BCUT2D eigenvalue weighted by molar-refractivity contribution is -0.243. The number of carboxylic acid groups (broad SMARTS) is 2. The first-order valence-electron chi connectivity index (χ1n) is 23.9. The predicted octanol–water partition coefficient (Wildman–Crippen LogP) is 4.84. The van der Waals surface area contributed by atoms with Crippen molar-refractivity contribution in [1.82, 2.24) is 0 Å². The maximum absolute atomic E-state index is 11.5. The van der Waals surface area contributed by atoms with E-state index in [2.05, 4.69) is 41.5 Å². The Morgan fingerprint density at radius 1 is 0.483 bits per heavy atom. The van der Waals surface area contributed by atoms with Crippen molar-refractivity contribution in [2.24, 2.45) is 92.7 Å². The molecule has 0 aromatic carbocycles. The molecule has 0 heterocycles. The molecule has 0 bridgehead atoms. The molecule has 0 amide bonds. The summed E-state index contributed by atoms with van der Waals surface area (Å²) in [5.41, 5.74) is -1.09. The van der Waals surface area contributed by atoms with Gasteiger partial charge in [0, 0.05) is 12.8 Å². The van der Waals surface area contributed by atoms with E-state index in [0.717, 1.165) is 38.5 Å². The third-order valence-corrected chi connectivity index (χ3v) is 20.8. The van der Waals surface area contributed by atoms with E-state index in [-0.39, 0.29) is 106 Å². The van der Waals surface area contributed by atoms with Gasteiger partial charge in [-0.1, -0.05) is 41.5 Å². The second kappa shape index (κ2) is 16.9. The molecule has 0 aromatic rings. The highest BCUT2D eigenvalue weighted by molar-refractivity contribution is 5.66. The van der Waals surface area contributed by atoms with Crippen LogP contribution in [-0.4, -0.2) is 112 Å². The van der Waals surface area contributed by atoms with E-state index >= 15 is 0 Å². The van der Waals surface area contributed by atoms with Crippen molar-refractivity contribution < 1.29 is 60.7 Å². The minimum Gasteiger partial charge on any atom is -0.481 e. The molecule has 8 aliphatic rings. The largest absolute Gasteiger partial charge is 0.481 e. The fourth-order valence-electron chi connectivity index (χ4n) is 17.4. The summed E-state index contributed by atoms with van der Waals surface area (Å²) >= 11 is 0. The number of carboxylic acids is 2. The summed E-state index contributed by atoms with van der Waals surface area (Å²) < 4.78 is 0. The normalized spacial score (nSPS) is 54.0. The van der Waals surface area contributed by atoms with E-state index in [1.807, 2.05) is 0 Å². The SMILES string of the molecule is C[C@H](CCC(=O)O)[C@H]1CC[C@H]2[C@@H]3[C@H](O)[C@@H](O)[C@@H]4C[C@H](O)CC[C@]4(C)[C@H]3C[C@H](O)[C@]12C.C[C@H](CCC(=O)O)[C@H]1CC[C@H]2[C@@H]3[C@H](O)[C@@H](O)[C@@H]4C[C@H](O)CC[C@]4(C)[C@H]3C[C@H](O)[C@]12C. The second-order valence-electron chi connectivity index (χ2n) is 23.0. The Hall–Kier alpha value is -1.38. The van der Waals surface area contributed by atoms with E-state index in [1.54, 1.807) is 0 Å². The molecule has 0 saturated heterocycles. The molecule has 12 heteroatoms. The smallest absolute Gasteiger partial charge is 0.303 e. The lowest BCUT2D eigenvalue weighted by Gasteiger charge is -2.64. The molecule has 0 spiro atoms. The molecule has 8 aliphatic carbocycles. The van der Waals surface area contributed by atoms with Gasteiger partial charge in [-0.15, -0.1) is 0 Å². The minimum absolute atomic E-state index is 0.0541. The first-order chi connectivity index (χ1) is 28.0. The zero-order chi connectivity index (χ0) is 44.0. The summed E-state index contributed by atoms with van der Waals surface area (Å²) in [6.45, 7) is 12.9. The lowest BCUT2D eigenvalue weighted by atomic mass is 9.42. The molecule has 24 atom stereocenters. The topological polar surface area (TPSA) is 236 Å². The highest BCUT2D eigenvalue weighted by Gasteiger charge is 2.69. The predicted molar refractivity (Wildman–Crippen MR) is 223 cm³/mol. The number of carbonyl (C=O) groups is 2. The molecule has 8 rings (SSSR count). The maximum atomic E-state index is 11.5. The van der Waals surface area contributed by atoms with E-state index < -0.39 is 60.8 Å². The number of rotatable bonds is 8. The van der Waals surface area contributed by atoms with Crippen LogP contribution in [0.5, 0.6) is 0 Å². The molecule has 10 N–H and O–H groups in total. The molecular weight excluding hydrogens is 769 g/mol. The van der Waals surface area contributed by atoms with Crippen molar-refractivity contribution in [1.29, 1.82) is 0 Å². The van der Waals surface area contributed by atoms with Crippen LogP contribution in [0.3, 0.4) is 0 Å². The number of aliphatic hydroxyl groups is 8. The standard InChI is InChI=1S/2C24H40O6/c2*1-12(4-7-19(27)28)14-5-6-15-20-16(11-18(26)24(14,15)3)23(2)9-8-13(25)10-17(23)21(29)22(20)30/h2*12-18,20-22,25-26,29-30H,4-11H2,1-3H3,(H,27,28)/t2*12-,13-,14-,15+,16+,17+,18+,20+,21+,22+,23-,24-/m11/s1. The Morgan fingerprint density at radius 2 is 0.833 bits per heavy atom. The maximum Gasteiger partial charge on any atom is 0.303 e. The summed E-state index contributed by atoms with van der Waals surface area (Å²) in [6.07, 6.45) is 5.34. The summed E-state index contributed by atoms with van der Waals surface area (Å²) in [7, 11) is 0. The minimum atomic E-state index is -0.839. The third-order valence-electron chi connectivity index (χ3n) is 20.8. The molecule has 60 heavy (non-hydrogen) atoms. The molecule has 0 aromatic heterocycles. The van der Waals surface area contributed by atoms with Gasteiger partial charge in [0.2, 0.25) is 0 Å². The quantitative estimate of drug-likeness (QED) is 0.158. The number of hydrogen-bond donors (Lipinski definition) is 10. The molecule has 0 aliphatic heterocycles. The van der Waals surface area contributed by atoms with Gasteiger partial charge < -0.3 is 51.1 Å². The van der Waals surface area contributed by atoms with Crippen LogP contribution in [0, 0.1) is 92.7 Å². The first kappa shape index (κ1) is 46.6. The zero-order valence-corrected chi connectivity index (χ0v) is 37.1. The summed E-state index contributed by atoms with van der Waals surface area (Å²) in [5, 5.41) is 106. The van der Waals surface area contributed by atoms with Crippen LogP contribution >= 0.6 is 0 Å². The number of aliphatic hydroxyl groups excluding tert-OH is 8. The molecular formula is C48H80O12. The molecule has 0 unspecified atom stereocenters. The fourth-order valence-corrected chi connectivity index (χ4v) is 17.4. The second-order valence-corrected chi connectivity index (χ2v) is 23.0. The number of hydrogen-bond acceptors (Lipinski definition) is 10. The van der Waals surface area contributed by atoms with Gasteiger partial charge in [-0.3, -0.25) is 9.59 Å². The summed E-state index contributed by atoms with van der Waals surface area (Å²) in [5.74, 6) is -0.599. The van der Waals surface area contributed by atoms with Gasteiger partial charge in [0.25, 0.3) is 0 Å². The van der Waals surface area contributed by atoms with Crippen molar-refractivity contribution in [3.63, 3.8) is 0 Å². The van der Waals surface area contributed by atoms with Gasteiger partial charge >= 0.3 is 11.9 Å². The highest BCUT2D eigenvalue weighted by atomic mass is 16.4. The monoisotopic (exact) mass is 849 g/mol. The van der Waals surface area contributed by atoms with Crippen LogP contribution in [0.25, 0.3) is 0 Å². The average Bonchev–Trinajstić information content (AvgIpc) is 3.75. The van der Waals surface area contributed by atoms with Gasteiger partial charge in [-0.25, -0.2) is 0 Å². The van der Waals surface area contributed by atoms with Gasteiger partial charge in [-0.2, -0.15) is 0 Å². The van der Waals surface area contributed by atoms with Gasteiger partial charge in [0.05, 0.1) is 48.8 Å². The number of aliphatic carboxylic acids is 2. The third kappa shape index (κ3) is 7.33. The van der Waals surface area contributed by atoms with Crippen molar-refractivity contribution in [2.45, 2.75) is 193 Å². The fraction of sp³-hybridized carbons (Fsp3) is 0.958. The number of fused-ring (bicyclic) bond motifs is 10. The first-order valence-corrected chi connectivity index (χ1v) is 23.9. The Kier molecular flexibility index (Phi) is 13.1. The van der Waals surface area contributed by atoms with Gasteiger partial charge in [-0.05, 0) is 183 Å². The average molecular weight is 849 g/mol. The van der Waals surface area contributed by atoms with E-state index in [9.17, 15) is 50.4 Å². The van der Waals surface area contributed by atoms with E-state index in [4.69, 9.17) is 10.2 Å². The molecule has 8 fully saturated rings. The Morgan fingerprint density at radius 3 is 1.17 bits per heavy atom. The van der Waals surface area contributed by atoms with Crippen molar-refractivity contribution >= 4 is 11.9 Å². The lowest BCUT2D eigenvalue weighted by Crippen LogP contribution is -2.66. The summed E-state index contributed by atoms with van der Waals surface area (Å²) in [6, 6.07) is 0. The van der Waals surface area contributed by atoms with Crippen LogP contribution in [0.2, 0.25) is 0 Å². The van der Waals surface area contributed by atoms with Crippen LogP contribution in [0.1, 0.15) is 144 Å².